The number of rotatable bonds is 8. The Morgan fingerprint density at radius 1 is 1.25 bits per heavy atom. The largest absolute Gasteiger partial charge is 0.484 e. The van der Waals surface area contributed by atoms with E-state index in [-0.39, 0.29) is 18.6 Å². The number of likely N-dealkylation sites (tertiary alicyclic amines) is 1. The second-order valence-corrected chi connectivity index (χ2v) is 6.61. The molecule has 1 aliphatic heterocycles. The Bertz CT molecular complexity index is 494. The quantitative estimate of drug-likeness (QED) is 0.742. The van der Waals surface area contributed by atoms with E-state index >= 15 is 0 Å². The molecule has 2 rings (SSSR count). The molecule has 134 valence electrons. The van der Waals surface area contributed by atoms with Crippen molar-refractivity contribution in [3.8, 4) is 5.75 Å². The molecule has 0 aliphatic carbocycles. The molecule has 5 nitrogen and oxygen atoms in total. The van der Waals surface area contributed by atoms with Crippen molar-refractivity contribution in [3.63, 3.8) is 0 Å². The molecular formula is C19H30N2O3. The number of hydrogen-bond acceptors (Lipinski definition) is 4. The lowest BCUT2D eigenvalue weighted by atomic mass is 10.0. The topological polar surface area (TPSA) is 64.8 Å². The lowest BCUT2D eigenvalue weighted by Crippen LogP contribution is -2.43. The fraction of sp³-hybridized carbons (Fsp3) is 0.632. The van der Waals surface area contributed by atoms with Gasteiger partial charge >= 0.3 is 0 Å². The van der Waals surface area contributed by atoms with Gasteiger partial charge in [-0.05, 0) is 49.4 Å². The molecule has 1 fully saturated rings. The minimum Gasteiger partial charge on any atom is -0.484 e. The average Bonchev–Trinajstić information content (AvgIpc) is 2.61. The van der Waals surface area contributed by atoms with Crippen LogP contribution in [0.3, 0.4) is 0 Å². The normalized spacial score (nSPS) is 15.8. The van der Waals surface area contributed by atoms with Gasteiger partial charge in [-0.15, -0.1) is 0 Å². The van der Waals surface area contributed by atoms with E-state index in [2.05, 4.69) is 26.0 Å². The van der Waals surface area contributed by atoms with E-state index in [0.717, 1.165) is 38.1 Å². The highest BCUT2D eigenvalue weighted by Crippen LogP contribution is 2.19. The Hall–Kier alpha value is -1.59. The summed E-state index contributed by atoms with van der Waals surface area (Å²) < 4.78 is 11.4. The Morgan fingerprint density at radius 3 is 2.50 bits per heavy atom. The predicted molar refractivity (Wildman–Crippen MR) is 95.3 cm³/mol. The lowest BCUT2D eigenvalue weighted by Gasteiger charge is -2.31. The first-order valence-corrected chi connectivity index (χ1v) is 8.92. The van der Waals surface area contributed by atoms with E-state index in [4.69, 9.17) is 15.2 Å². The Kier molecular flexibility index (Phi) is 7.53. The third kappa shape index (κ3) is 5.80. The molecule has 24 heavy (non-hydrogen) atoms. The van der Waals surface area contributed by atoms with Crippen LogP contribution in [0.5, 0.6) is 5.75 Å². The van der Waals surface area contributed by atoms with Gasteiger partial charge in [0.2, 0.25) is 0 Å². The van der Waals surface area contributed by atoms with Gasteiger partial charge in [0.05, 0.1) is 6.10 Å². The monoisotopic (exact) mass is 334 g/mol. The summed E-state index contributed by atoms with van der Waals surface area (Å²) in [5, 5.41) is 0. The van der Waals surface area contributed by atoms with Crippen LogP contribution in [0.4, 0.5) is 0 Å². The molecule has 0 radical (unpaired) electrons. The van der Waals surface area contributed by atoms with Gasteiger partial charge in [0.25, 0.3) is 5.91 Å². The Labute approximate surface area is 145 Å². The summed E-state index contributed by atoms with van der Waals surface area (Å²) in [5.74, 6) is 1.28. The maximum Gasteiger partial charge on any atom is 0.260 e. The van der Waals surface area contributed by atoms with Crippen LogP contribution >= 0.6 is 0 Å². The molecule has 0 atom stereocenters. The molecule has 0 aromatic heterocycles. The zero-order chi connectivity index (χ0) is 17.4. The van der Waals surface area contributed by atoms with Gasteiger partial charge in [-0.25, -0.2) is 0 Å². The van der Waals surface area contributed by atoms with Crippen molar-refractivity contribution in [2.75, 3.05) is 32.8 Å². The van der Waals surface area contributed by atoms with Gasteiger partial charge in [0.1, 0.15) is 5.75 Å². The second-order valence-electron chi connectivity index (χ2n) is 6.61. The second kappa shape index (κ2) is 9.64. The number of nitrogens with two attached hydrogens (primary N) is 1. The van der Waals surface area contributed by atoms with Crippen LogP contribution in [0.25, 0.3) is 0 Å². The molecule has 5 heteroatoms. The summed E-state index contributed by atoms with van der Waals surface area (Å²) in [5.41, 5.74) is 6.73. The fourth-order valence-electron chi connectivity index (χ4n) is 2.79. The summed E-state index contributed by atoms with van der Waals surface area (Å²) in [6.07, 6.45) is 2.92. The summed E-state index contributed by atoms with van der Waals surface area (Å²) >= 11 is 0. The van der Waals surface area contributed by atoms with Crippen molar-refractivity contribution < 1.29 is 14.3 Å². The Morgan fingerprint density at radius 2 is 1.92 bits per heavy atom. The maximum absolute atomic E-state index is 12.3. The smallest absolute Gasteiger partial charge is 0.260 e. The van der Waals surface area contributed by atoms with Gasteiger partial charge in [0.15, 0.2) is 6.61 Å². The molecule has 1 heterocycles. The number of amides is 1. The first-order valence-electron chi connectivity index (χ1n) is 8.92. The van der Waals surface area contributed by atoms with E-state index in [1.807, 2.05) is 17.0 Å². The van der Waals surface area contributed by atoms with Crippen LogP contribution in [-0.2, 0) is 9.53 Å². The van der Waals surface area contributed by atoms with Crippen LogP contribution in [0, 0.1) is 0 Å². The standard InChI is InChI=1S/C19H30N2O3/c1-15(2)16-4-6-17(7-5-16)24-14-19(22)21-11-8-18(9-12-21)23-13-3-10-20/h4-7,15,18H,3,8-14,20H2,1-2H3. The molecule has 1 amide bonds. The van der Waals surface area contributed by atoms with E-state index < -0.39 is 0 Å². The van der Waals surface area contributed by atoms with E-state index in [1.54, 1.807) is 0 Å². The lowest BCUT2D eigenvalue weighted by molar-refractivity contribution is -0.136. The molecule has 1 saturated heterocycles. The molecule has 1 aromatic rings. The van der Waals surface area contributed by atoms with Crippen LogP contribution in [-0.4, -0.2) is 49.8 Å². The van der Waals surface area contributed by atoms with E-state index in [1.165, 1.54) is 5.56 Å². The first-order chi connectivity index (χ1) is 11.6. The molecule has 0 saturated carbocycles. The number of hydrogen-bond donors (Lipinski definition) is 1. The number of carbonyl (C=O) groups is 1. The summed E-state index contributed by atoms with van der Waals surface area (Å²) in [4.78, 5) is 14.1. The van der Waals surface area contributed by atoms with Crippen molar-refractivity contribution >= 4 is 5.91 Å². The fourth-order valence-corrected chi connectivity index (χ4v) is 2.79. The highest BCUT2D eigenvalue weighted by atomic mass is 16.5. The van der Waals surface area contributed by atoms with Crippen molar-refractivity contribution in [1.82, 2.24) is 4.90 Å². The number of ether oxygens (including phenoxy) is 2. The molecule has 0 spiro atoms. The maximum atomic E-state index is 12.3. The van der Waals surface area contributed by atoms with E-state index in [0.29, 0.717) is 19.1 Å². The molecule has 1 aliphatic rings. The van der Waals surface area contributed by atoms with Gasteiger partial charge in [-0.2, -0.15) is 0 Å². The summed E-state index contributed by atoms with van der Waals surface area (Å²) in [6.45, 7) is 7.26. The molecule has 1 aromatic carbocycles. The minimum absolute atomic E-state index is 0.0448. The molecule has 2 N–H and O–H groups in total. The van der Waals surface area contributed by atoms with Crippen LogP contribution < -0.4 is 10.5 Å². The van der Waals surface area contributed by atoms with Crippen molar-refractivity contribution in [1.29, 1.82) is 0 Å². The highest BCUT2D eigenvalue weighted by Gasteiger charge is 2.23. The third-order valence-electron chi connectivity index (χ3n) is 4.41. The summed E-state index contributed by atoms with van der Waals surface area (Å²) in [7, 11) is 0. The number of carbonyl (C=O) groups excluding carboxylic acids is 1. The number of benzene rings is 1. The van der Waals surface area contributed by atoms with Gasteiger partial charge in [-0.3, -0.25) is 4.79 Å². The van der Waals surface area contributed by atoms with Crippen molar-refractivity contribution in [2.45, 2.75) is 45.1 Å². The highest BCUT2D eigenvalue weighted by molar-refractivity contribution is 5.77. The third-order valence-corrected chi connectivity index (χ3v) is 4.41. The minimum atomic E-state index is 0.0448. The van der Waals surface area contributed by atoms with Crippen LogP contribution in [0.2, 0.25) is 0 Å². The molecule has 0 unspecified atom stereocenters. The predicted octanol–water partition coefficient (Wildman–Crippen LogP) is 2.55. The number of nitrogens with zero attached hydrogens (tertiary/aromatic N) is 1. The summed E-state index contributed by atoms with van der Waals surface area (Å²) in [6, 6.07) is 7.96. The average molecular weight is 334 g/mol. The number of piperidine rings is 1. The zero-order valence-electron chi connectivity index (χ0n) is 14.9. The van der Waals surface area contributed by atoms with Gasteiger partial charge in [-0.1, -0.05) is 26.0 Å². The Balaban J connectivity index is 1.70. The van der Waals surface area contributed by atoms with Crippen LogP contribution in [0.1, 0.15) is 44.6 Å². The van der Waals surface area contributed by atoms with Crippen molar-refractivity contribution in [3.05, 3.63) is 29.8 Å². The van der Waals surface area contributed by atoms with E-state index in [9.17, 15) is 4.79 Å². The zero-order valence-corrected chi connectivity index (χ0v) is 14.9. The van der Waals surface area contributed by atoms with Crippen LogP contribution in [0.15, 0.2) is 24.3 Å². The SMILES string of the molecule is CC(C)c1ccc(OCC(=O)N2CCC(OCCCN)CC2)cc1. The van der Waals surface area contributed by atoms with Crippen molar-refractivity contribution in [2.24, 2.45) is 5.73 Å². The van der Waals surface area contributed by atoms with Gasteiger partial charge in [0, 0.05) is 19.7 Å². The van der Waals surface area contributed by atoms with Gasteiger partial charge < -0.3 is 20.1 Å². The molecular weight excluding hydrogens is 304 g/mol. The molecule has 0 bridgehead atoms. The first kappa shape index (κ1) is 18.7.